The van der Waals surface area contributed by atoms with E-state index in [9.17, 15) is 0 Å². The normalized spacial score (nSPS) is 11.8. The van der Waals surface area contributed by atoms with Crippen LogP contribution in [0.4, 0.5) is 0 Å². The molecule has 6 nitrogen and oxygen atoms in total. The maximum absolute atomic E-state index is 6.00. The summed E-state index contributed by atoms with van der Waals surface area (Å²) in [4.78, 5) is 6.29. The lowest BCUT2D eigenvalue weighted by Gasteiger charge is -2.21. The largest absolute Gasteiger partial charge is 0.359 e. The predicted molar refractivity (Wildman–Crippen MR) is 83.3 cm³/mol. The SMILES string of the molecule is CN=C(NCc1cc(C)no1)N(C)Cc1cc(Cl)cn1C. The molecule has 2 heterocycles. The number of hydrogen-bond acceptors (Lipinski definition) is 3. The summed E-state index contributed by atoms with van der Waals surface area (Å²) in [6, 6.07) is 3.85. The summed E-state index contributed by atoms with van der Waals surface area (Å²) in [5.41, 5.74) is 1.98. The smallest absolute Gasteiger partial charge is 0.194 e. The molecule has 0 aliphatic rings. The standard InChI is InChI=1S/C14H20ClN5O/c1-10-5-13(21-18-10)7-17-14(16-2)20(4)9-12-6-11(15)8-19(12)3/h5-6,8H,7,9H2,1-4H3,(H,16,17). The molecule has 0 bridgehead atoms. The van der Waals surface area contributed by atoms with E-state index in [0.717, 1.165) is 28.1 Å². The topological polar surface area (TPSA) is 58.6 Å². The molecule has 0 aromatic carbocycles. The Bertz CT molecular complexity index is 631. The first-order valence-electron chi connectivity index (χ1n) is 6.64. The van der Waals surface area contributed by atoms with E-state index in [-0.39, 0.29) is 0 Å². The third-order valence-electron chi connectivity index (χ3n) is 3.14. The number of nitrogens with one attached hydrogen (secondary N) is 1. The highest BCUT2D eigenvalue weighted by atomic mass is 35.5. The van der Waals surface area contributed by atoms with Crippen molar-refractivity contribution in [2.75, 3.05) is 14.1 Å². The van der Waals surface area contributed by atoms with Gasteiger partial charge in [-0.1, -0.05) is 16.8 Å². The Morgan fingerprint density at radius 3 is 2.81 bits per heavy atom. The predicted octanol–water partition coefficient (Wildman–Crippen LogP) is 2.18. The van der Waals surface area contributed by atoms with Crippen LogP contribution in [0.15, 0.2) is 27.8 Å². The molecule has 114 valence electrons. The van der Waals surface area contributed by atoms with Gasteiger partial charge in [0.05, 0.1) is 23.8 Å². The lowest BCUT2D eigenvalue weighted by atomic mass is 10.4. The molecular formula is C14H20ClN5O. The summed E-state index contributed by atoms with van der Waals surface area (Å²) in [6.45, 7) is 3.15. The number of nitrogens with zero attached hydrogens (tertiary/aromatic N) is 4. The van der Waals surface area contributed by atoms with Gasteiger partial charge in [-0.05, 0) is 13.0 Å². The molecule has 7 heteroatoms. The van der Waals surface area contributed by atoms with Crippen LogP contribution in [0, 0.1) is 6.92 Å². The van der Waals surface area contributed by atoms with E-state index < -0.39 is 0 Å². The second-order valence-corrected chi connectivity index (χ2v) is 5.39. The molecule has 1 N–H and O–H groups in total. The van der Waals surface area contributed by atoms with Gasteiger partial charge in [0, 0.05) is 39.1 Å². The van der Waals surface area contributed by atoms with Gasteiger partial charge in [-0.2, -0.15) is 0 Å². The molecule has 0 amide bonds. The molecule has 0 unspecified atom stereocenters. The minimum Gasteiger partial charge on any atom is -0.359 e. The summed E-state index contributed by atoms with van der Waals surface area (Å²) >= 11 is 6.00. The average Bonchev–Trinajstić information content (AvgIpc) is 2.96. The lowest BCUT2D eigenvalue weighted by molar-refractivity contribution is 0.372. The van der Waals surface area contributed by atoms with Crippen molar-refractivity contribution in [1.82, 2.24) is 19.9 Å². The molecular weight excluding hydrogens is 290 g/mol. The number of halogens is 1. The first kappa shape index (κ1) is 15.4. The Labute approximate surface area is 129 Å². The molecule has 2 rings (SSSR count). The molecule has 0 spiro atoms. The van der Waals surface area contributed by atoms with Crippen LogP contribution in [-0.2, 0) is 20.1 Å². The molecule has 2 aromatic rings. The summed E-state index contributed by atoms with van der Waals surface area (Å²) in [5, 5.41) is 7.84. The molecule has 0 saturated carbocycles. The van der Waals surface area contributed by atoms with Crippen LogP contribution < -0.4 is 5.32 Å². The zero-order valence-corrected chi connectivity index (χ0v) is 13.5. The Kier molecular flexibility index (Phi) is 4.90. The number of guanidine groups is 1. The van der Waals surface area contributed by atoms with E-state index in [4.69, 9.17) is 16.1 Å². The van der Waals surface area contributed by atoms with Gasteiger partial charge < -0.3 is 19.3 Å². The van der Waals surface area contributed by atoms with E-state index >= 15 is 0 Å². The fourth-order valence-corrected chi connectivity index (χ4v) is 2.36. The minimum atomic E-state index is 0.547. The van der Waals surface area contributed by atoms with Crippen LogP contribution in [0.1, 0.15) is 17.1 Å². The summed E-state index contributed by atoms with van der Waals surface area (Å²) in [7, 11) is 5.70. The highest BCUT2D eigenvalue weighted by Gasteiger charge is 2.10. The fourth-order valence-electron chi connectivity index (χ4n) is 2.09. The van der Waals surface area contributed by atoms with E-state index in [1.165, 1.54) is 0 Å². The van der Waals surface area contributed by atoms with Crippen LogP contribution in [0.5, 0.6) is 0 Å². The third-order valence-corrected chi connectivity index (χ3v) is 3.35. The summed E-state index contributed by atoms with van der Waals surface area (Å²) in [5.74, 6) is 1.56. The van der Waals surface area contributed by atoms with Crippen LogP contribution in [0.2, 0.25) is 5.02 Å². The van der Waals surface area contributed by atoms with E-state index in [1.54, 1.807) is 7.05 Å². The molecule has 0 atom stereocenters. The van der Waals surface area contributed by atoms with Gasteiger partial charge in [0.25, 0.3) is 0 Å². The van der Waals surface area contributed by atoms with Crippen molar-refractivity contribution in [3.8, 4) is 0 Å². The van der Waals surface area contributed by atoms with Gasteiger partial charge in [-0.25, -0.2) is 0 Å². The first-order valence-corrected chi connectivity index (χ1v) is 7.02. The maximum Gasteiger partial charge on any atom is 0.194 e. The Morgan fingerprint density at radius 1 is 1.52 bits per heavy atom. The minimum absolute atomic E-state index is 0.547. The highest BCUT2D eigenvalue weighted by Crippen LogP contribution is 2.14. The lowest BCUT2D eigenvalue weighted by Crippen LogP contribution is -2.38. The first-order chi connectivity index (χ1) is 9.99. The zero-order valence-electron chi connectivity index (χ0n) is 12.7. The van der Waals surface area contributed by atoms with E-state index in [1.807, 2.05) is 48.8 Å². The monoisotopic (exact) mass is 309 g/mol. The van der Waals surface area contributed by atoms with Gasteiger partial charge in [0.2, 0.25) is 0 Å². The van der Waals surface area contributed by atoms with Crippen molar-refractivity contribution in [1.29, 1.82) is 0 Å². The van der Waals surface area contributed by atoms with Crippen LogP contribution in [-0.4, -0.2) is 34.7 Å². The van der Waals surface area contributed by atoms with Crippen molar-refractivity contribution >= 4 is 17.6 Å². The second kappa shape index (κ2) is 6.67. The van der Waals surface area contributed by atoms with E-state index in [2.05, 4.69) is 15.5 Å². The number of hydrogen-bond donors (Lipinski definition) is 1. The Balaban J connectivity index is 1.95. The van der Waals surface area contributed by atoms with Gasteiger partial charge in [0.1, 0.15) is 0 Å². The Morgan fingerprint density at radius 2 is 2.29 bits per heavy atom. The molecule has 0 radical (unpaired) electrons. The fraction of sp³-hybridized carbons (Fsp3) is 0.429. The van der Waals surface area contributed by atoms with E-state index in [0.29, 0.717) is 13.1 Å². The Hall–Kier alpha value is -1.95. The number of aryl methyl sites for hydroxylation is 2. The van der Waals surface area contributed by atoms with Gasteiger partial charge in [-0.3, -0.25) is 4.99 Å². The molecule has 2 aromatic heterocycles. The summed E-state index contributed by atoms with van der Waals surface area (Å²) in [6.07, 6.45) is 1.89. The quantitative estimate of drug-likeness (QED) is 0.695. The van der Waals surface area contributed by atoms with Crippen molar-refractivity contribution in [2.24, 2.45) is 12.0 Å². The molecule has 0 aliphatic heterocycles. The van der Waals surface area contributed by atoms with Gasteiger partial charge in [-0.15, -0.1) is 0 Å². The number of aromatic nitrogens is 2. The van der Waals surface area contributed by atoms with Gasteiger partial charge in [0.15, 0.2) is 11.7 Å². The molecule has 0 aliphatic carbocycles. The van der Waals surface area contributed by atoms with Crippen LogP contribution >= 0.6 is 11.6 Å². The van der Waals surface area contributed by atoms with Crippen molar-refractivity contribution < 1.29 is 4.52 Å². The number of rotatable bonds is 4. The second-order valence-electron chi connectivity index (χ2n) is 4.95. The maximum atomic E-state index is 6.00. The van der Waals surface area contributed by atoms with Crippen molar-refractivity contribution in [2.45, 2.75) is 20.0 Å². The summed E-state index contributed by atoms with van der Waals surface area (Å²) < 4.78 is 7.18. The van der Waals surface area contributed by atoms with Crippen LogP contribution in [0.25, 0.3) is 0 Å². The zero-order chi connectivity index (χ0) is 15.4. The van der Waals surface area contributed by atoms with Gasteiger partial charge >= 0.3 is 0 Å². The van der Waals surface area contributed by atoms with Crippen molar-refractivity contribution in [3.05, 3.63) is 40.5 Å². The molecule has 0 fully saturated rings. The average molecular weight is 310 g/mol. The van der Waals surface area contributed by atoms with Crippen LogP contribution in [0.3, 0.4) is 0 Å². The molecule has 21 heavy (non-hydrogen) atoms. The number of aliphatic imine (C=N–C) groups is 1. The molecule has 0 saturated heterocycles. The van der Waals surface area contributed by atoms with Crippen molar-refractivity contribution in [3.63, 3.8) is 0 Å². The third kappa shape index (κ3) is 4.01. The highest BCUT2D eigenvalue weighted by molar-refractivity contribution is 6.30.